The van der Waals surface area contributed by atoms with Gasteiger partial charge in [-0.2, -0.15) is 0 Å². The van der Waals surface area contributed by atoms with Crippen molar-refractivity contribution in [2.24, 2.45) is 0 Å². The van der Waals surface area contributed by atoms with Gasteiger partial charge in [-0.05, 0) is 43.9 Å². The number of hydrogen-bond acceptors (Lipinski definition) is 5. The molecule has 2 heterocycles. The molecule has 1 aromatic carbocycles. The van der Waals surface area contributed by atoms with Crippen LogP contribution in [0.4, 0.5) is 0 Å². The first kappa shape index (κ1) is 15.0. The van der Waals surface area contributed by atoms with Gasteiger partial charge in [0.05, 0.1) is 18.0 Å². The Hall–Kier alpha value is -2.60. The van der Waals surface area contributed by atoms with Crippen LogP contribution in [0.3, 0.4) is 0 Å². The minimum absolute atomic E-state index is 0.0890. The van der Waals surface area contributed by atoms with Gasteiger partial charge in [0.1, 0.15) is 11.9 Å². The Bertz CT molecular complexity index is 854. The fraction of sp³-hybridized carbons (Fsp3) is 0.333. The zero-order chi connectivity index (χ0) is 16.5. The molecular weight excluding hydrogens is 306 g/mol. The predicted octanol–water partition coefficient (Wildman–Crippen LogP) is 2.78. The van der Waals surface area contributed by atoms with Crippen molar-refractivity contribution in [2.45, 2.75) is 37.9 Å². The second kappa shape index (κ2) is 6.13. The van der Waals surface area contributed by atoms with E-state index in [1.807, 2.05) is 18.2 Å². The molecule has 0 bridgehead atoms. The number of fused-ring (bicyclic) bond motifs is 1. The van der Waals surface area contributed by atoms with E-state index in [0.717, 1.165) is 42.6 Å². The summed E-state index contributed by atoms with van der Waals surface area (Å²) in [6.45, 7) is 0. The molecule has 0 unspecified atom stereocenters. The zero-order valence-corrected chi connectivity index (χ0v) is 13.2. The van der Waals surface area contributed by atoms with E-state index in [9.17, 15) is 10.2 Å². The average Bonchev–Trinajstić information content (AvgIpc) is 3.00. The number of phenolic OH excluding ortho intramolecular Hbond substituents is 1. The summed E-state index contributed by atoms with van der Waals surface area (Å²) in [6.07, 6.45) is 4.84. The SMILES string of the molecule is Oc1cccc(-c2cnc3ccc(O[C@H]4CC[C@H](O)CC4)nn23)c1. The molecule has 1 saturated carbocycles. The van der Waals surface area contributed by atoms with Crippen molar-refractivity contribution in [2.75, 3.05) is 0 Å². The number of phenols is 1. The first-order chi connectivity index (χ1) is 11.7. The second-order valence-corrected chi connectivity index (χ2v) is 6.18. The Kier molecular flexibility index (Phi) is 3.82. The van der Waals surface area contributed by atoms with E-state index < -0.39 is 0 Å². The highest BCUT2D eigenvalue weighted by molar-refractivity contribution is 5.64. The number of aliphatic hydroxyl groups excluding tert-OH is 1. The lowest BCUT2D eigenvalue weighted by molar-refractivity contribution is 0.0637. The minimum Gasteiger partial charge on any atom is -0.508 e. The van der Waals surface area contributed by atoms with Gasteiger partial charge in [-0.25, -0.2) is 9.50 Å². The van der Waals surface area contributed by atoms with Crippen molar-refractivity contribution >= 4 is 5.65 Å². The van der Waals surface area contributed by atoms with Crippen LogP contribution in [0.5, 0.6) is 11.6 Å². The lowest BCUT2D eigenvalue weighted by Crippen LogP contribution is -2.26. The van der Waals surface area contributed by atoms with Crippen molar-refractivity contribution in [1.82, 2.24) is 14.6 Å². The Morgan fingerprint density at radius 1 is 1.08 bits per heavy atom. The molecule has 6 heteroatoms. The summed E-state index contributed by atoms with van der Waals surface area (Å²) < 4.78 is 7.70. The third kappa shape index (κ3) is 2.92. The summed E-state index contributed by atoms with van der Waals surface area (Å²) in [5, 5.41) is 23.8. The topological polar surface area (TPSA) is 79.9 Å². The highest BCUT2D eigenvalue weighted by Gasteiger charge is 2.21. The van der Waals surface area contributed by atoms with Crippen LogP contribution in [0.1, 0.15) is 25.7 Å². The van der Waals surface area contributed by atoms with Crippen LogP contribution in [-0.4, -0.2) is 37.0 Å². The molecule has 1 fully saturated rings. The highest BCUT2D eigenvalue weighted by Crippen LogP contribution is 2.26. The molecule has 2 N–H and O–H groups in total. The van der Waals surface area contributed by atoms with E-state index in [0.29, 0.717) is 5.88 Å². The molecule has 0 saturated heterocycles. The fourth-order valence-corrected chi connectivity index (χ4v) is 3.12. The van der Waals surface area contributed by atoms with E-state index in [4.69, 9.17) is 4.74 Å². The zero-order valence-electron chi connectivity index (χ0n) is 13.2. The van der Waals surface area contributed by atoms with Gasteiger partial charge in [0.25, 0.3) is 0 Å². The van der Waals surface area contributed by atoms with Crippen molar-refractivity contribution < 1.29 is 14.9 Å². The van der Waals surface area contributed by atoms with Crippen LogP contribution in [0.25, 0.3) is 16.9 Å². The Morgan fingerprint density at radius 3 is 2.71 bits per heavy atom. The van der Waals surface area contributed by atoms with Crippen LogP contribution in [0.2, 0.25) is 0 Å². The molecular formula is C18H19N3O3. The maximum Gasteiger partial charge on any atom is 0.232 e. The van der Waals surface area contributed by atoms with Gasteiger partial charge in [-0.15, -0.1) is 5.10 Å². The Labute approximate surface area is 139 Å². The van der Waals surface area contributed by atoms with E-state index in [1.165, 1.54) is 0 Å². The largest absolute Gasteiger partial charge is 0.508 e. The molecule has 124 valence electrons. The van der Waals surface area contributed by atoms with Crippen molar-refractivity contribution in [3.63, 3.8) is 0 Å². The quantitative estimate of drug-likeness (QED) is 0.774. The van der Waals surface area contributed by atoms with Crippen LogP contribution in [-0.2, 0) is 0 Å². The van der Waals surface area contributed by atoms with Crippen molar-refractivity contribution in [1.29, 1.82) is 0 Å². The molecule has 24 heavy (non-hydrogen) atoms. The summed E-state index contributed by atoms with van der Waals surface area (Å²) in [7, 11) is 0. The van der Waals surface area contributed by atoms with Gasteiger partial charge >= 0.3 is 0 Å². The smallest absolute Gasteiger partial charge is 0.232 e. The van der Waals surface area contributed by atoms with E-state index in [-0.39, 0.29) is 18.0 Å². The predicted molar refractivity (Wildman–Crippen MR) is 89.0 cm³/mol. The molecule has 4 rings (SSSR count). The van der Waals surface area contributed by atoms with Gasteiger partial charge < -0.3 is 14.9 Å². The standard InChI is InChI=1S/C18H19N3O3/c22-13-4-6-15(7-5-13)24-18-9-8-17-19-11-16(21(17)20-18)12-2-1-3-14(23)10-12/h1-3,8-11,13,15,22-23H,4-7H2/t13-,15-. The first-order valence-corrected chi connectivity index (χ1v) is 8.18. The molecule has 1 aliphatic carbocycles. The first-order valence-electron chi connectivity index (χ1n) is 8.18. The number of aromatic nitrogens is 3. The lowest BCUT2D eigenvalue weighted by atomic mass is 9.95. The van der Waals surface area contributed by atoms with Crippen molar-refractivity contribution in [3.05, 3.63) is 42.6 Å². The van der Waals surface area contributed by atoms with Crippen LogP contribution in [0.15, 0.2) is 42.6 Å². The number of imidazole rings is 1. The maximum absolute atomic E-state index is 9.68. The third-order valence-electron chi connectivity index (χ3n) is 4.41. The summed E-state index contributed by atoms with van der Waals surface area (Å²) in [5.41, 5.74) is 2.36. The number of aliphatic hydroxyl groups is 1. The number of nitrogens with zero attached hydrogens (tertiary/aromatic N) is 3. The van der Waals surface area contributed by atoms with E-state index in [1.54, 1.807) is 28.9 Å². The average molecular weight is 325 g/mol. The van der Waals surface area contributed by atoms with Crippen molar-refractivity contribution in [3.8, 4) is 22.9 Å². The van der Waals surface area contributed by atoms with Crippen LogP contribution >= 0.6 is 0 Å². The third-order valence-corrected chi connectivity index (χ3v) is 4.41. The van der Waals surface area contributed by atoms with Crippen LogP contribution < -0.4 is 4.74 Å². The number of rotatable bonds is 3. The number of ether oxygens (including phenoxy) is 1. The lowest BCUT2D eigenvalue weighted by Gasteiger charge is -2.25. The van der Waals surface area contributed by atoms with Crippen LogP contribution in [0, 0.1) is 0 Å². The summed E-state index contributed by atoms with van der Waals surface area (Å²) in [4.78, 5) is 4.35. The second-order valence-electron chi connectivity index (χ2n) is 6.18. The van der Waals surface area contributed by atoms with Gasteiger partial charge in [0, 0.05) is 11.6 Å². The van der Waals surface area contributed by atoms with Gasteiger partial charge in [0.15, 0.2) is 5.65 Å². The molecule has 2 aromatic heterocycles. The van der Waals surface area contributed by atoms with Gasteiger partial charge in [-0.3, -0.25) is 0 Å². The molecule has 0 aliphatic heterocycles. The van der Waals surface area contributed by atoms with Gasteiger partial charge in [0.2, 0.25) is 5.88 Å². The molecule has 1 aliphatic rings. The van der Waals surface area contributed by atoms with E-state index in [2.05, 4.69) is 10.1 Å². The summed E-state index contributed by atoms with van der Waals surface area (Å²) in [6, 6.07) is 10.7. The van der Waals surface area contributed by atoms with E-state index >= 15 is 0 Å². The summed E-state index contributed by atoms with van der Waals surface area (Å²) >= 11 is 0. The summed E-state index contributed by atoms with van der Waals surface area (Å²) in [5.74, 6) is 0.749. The number of hydrogen-bond donors (Lipinski definition) is 2. The monoisotopic (exact) mass is 325 g/mol. The molecule has 0 amide bonds. The molecule has 0 radical (unpaired) electrons. The fourth-order valence-electron chi connectivity index (χ4n) is 3.12. The normalized spacial score (nSPS) is 21.0. The molecule has 3 aromatic rings. The Balaban J connectivity index is 1.63. The molecule has 6 nitrogen and oxygen atoms in total. The number of aromatic hydroxyl groups is 1. The highest BCUT2D eigenvalue weighted by atomic mass is 16.5. The minimum atomic E-state index is -0.203. The number of benzene rings is 1. The van der Waals surface area contributed by atoms with Gasteiger partial charge in [-0.1, -0.05) is 12.1 Å². The maximum atomic E-state index is 9.68. The Morgan fingerprint density at radius 2 is 1.92 bits per heavy atom. The molecule has 0 spiro atoms. The molecule has 0 atom stereocenters.